The minimum Gasteiger partial charge on any atom is -0.491 e. The first-order valence-corrected chi connectivity index (χ1v) is 5.23. The van der Waals surface area contributed by atoms with Gasteiger partial charge in [0.25, 0.3) is 0 Å². The molecule has 1 atom stereocenters. The molecule has 0 spiro atoms. The number of hydrogen-bond donors (Lipinski definition) is 1. The van der Waals surface area contributed by atoms with Crippen LogP contribution in [0.1, 0.15) is 5.76 Å². The summed E-state index contributed by atoms with van der Waals surface area (Å²) < 4.78 is 16.0. The molecule has 1 unspecified atom stereocenters. The summed E-state index contributed by atoms with van der Waals surface area (Å²) in [4.78, 5) is 0. The van der Waals surface area contributed by atoms with E-state index in [9.17, 15) is 0 Å². The number of epoxide rings is 1. The second-order valence-corrected chi connectivity index (χ2v) is 3.84. The molecule has 3 rings (SSSR count). The SMILES string of the molecule is OCc1cc2cc(OCC3CO3)ccc2o1. The first-order chi connectivity index (χ1) is 7.85. The quantitative estimate of drug-likeness (QED) is 0.797. The van der Waals surface area contributed by atoms with Crippen LogP contribution in [0.2, 0.25) is 0 Å². The zero-order chi connectivity index (χ0) is 11.0. The number of hydrogen-bond acceptors (Lipinski definition) is 4. The minimum atomic E-state index is -0.0826. The predicted octanol–water partition coefficient (Wildman–Crippen LogP) is 1.70. The topological polar surface area (TPSA) is 55.1 Å². The largest absolute Gasteiger partial charge is 0.491 e. The average molecular weight is 220 g/mol. The second kappa shape index (κ2) is 3.81. The molecule has 4 heteroatoms. The Morgan fingerprint density at radius 2 is 2.25 bits per heavy atom. The van der Waals surface area contributed by atoms with E-state index in [2.05, 4.69) is 0 Å². The Morgan fingerprint density at radius 3 is 3.00 bits per heavy atom. The van der Waals surface area contributed by atoms with E-state index in [4.69, 9.17) is 19.0 Å². The molecule has 16 heavy (non-hydrogen) atoms. The Kier molecular flexibility index (Phi) is 2.31. The summed E-state index contributed by atoms with van der Waals surface area (Å²) in [6.07, 6.45) is 0.257. The maximum atomic E-state index is 8.95. The van der Waals surface area contributed by atoms with E-state index in [1.807, 2.05) is 24.3 Å². The number of aliphatic hydroxyl groups excluding tert-OH is 1. The maximum Gasteiger partial charge on any atom is 0.134 e. The van der Waals surface area contributed by atoms with Gasteiger partial charge >= 0.3 is 0 Å². The van der Waals surface area contributed by atoms with Crippen LogP contribution in [-0.2, 0) is 11.3 Å². The predicted molar refractivity (Wildman–Crippen MR) is 57.4 cm³/mol. The summed E-state index contributed by atoms with van der Waals surface area (Å²) in [6.45, 7) is 1.31. The molecular formula is C12H12O4. The lowest BCUT2D eigenvalue weighted by Crippen LogP contribution is -2.03. The molecule has 2 heterocycles. The molecule has 1 aliphatic heterocycles. The van der Waals surface area contributed by atoms with Crippen LogP contribution in [-0.4, -0.2) is 24.4 Å². The van der Waals surface area contributed by atoms with Gasteiger partial charge in [-0.1, -0.05) is 0 Å². The molecule has 2 aromatic rings. The number of ether oxygens (including phenoxy) is 2. The van der Waals surface area contributed by atoms with E-state index < -0.39 is 0 Å². The molecule has 0 radical (unpaired) electrons. The van der Waals surface area contributed by atoms with Gasteiger partial charge in [-0.05, 0) is 24.3 Å². The third-order valence-corrected chi connectivity index (χ3v) is 2.53. The van der Waals surface area contributed by atoms with Crippen LogP contribution in [0.25, 0.3) is 11.0 Å². The molecule has 4 nitrogen and oxygen atoms in total. The number of fused-ring (bicyclic) bond motifs is 1. The van der Waals surface area contributed by atoms with Gasteiger partial charge < -0.3 is 19.0 Å². The van der Waals surface area contributed by atoms with Gasteiger partial charge in [0.2, 0.25) is 0 Å². The average Bonchev–Trinajstić information content (AvgIpc) is 3.04. The molecule has 1 aromatic heterocycles. The second-order valence-electron chi connectivity index (χ2n) is 3.84. The molecule has 0 amide bonds. The number of rotatable bonds is 4. The fraction of sp³-hybridized carbons (Fsp3) is 0.333. The van der Waals surface area contributed by atoms with E-state index in [1.165, 1.54) is 0 Å². The summed E-state index contributed by atoms with van der Waals surface area (Å²) in [7, 11) is 0. The van der Waals surface area contributed by atoms with Crippen LogP contribution in [0, 0.1) is 0 Å². The van der Waals surface area contributed by atoms with Gasteiger partial charge in [-0.2, -0.15) is 0 Å². The fourth-order valence-electron chi connectivity index (χ4n) is 1.60. The molecule has 1 aromatic carbocycles. The summed E-state index contributed by atoms with van der Waals surface area (Å²) in [5, 5.41) is 9.89. The van der Waals surface area contributed by atoms with E-state index in [0.29, 0.717) is 12.4 Å². The highest BCUT2D eigenvalue weighted by molar-refractivity contribution is 5.79. The smallest absolute Gasteiger partial charge is 0.134 e. The number of furan rings is 1. The zero-order valence-corrected chi connectivity index (χ0v) is 8.68. The molecule has 1 N–H and O–H groups in total. The van der Waals surface area contributed by atoms with Gasteiger partial charge in [0, 0.05) is 5.39 Å². The Labute approximate surface area is 92.4 Å². The molecule has 0 saturated carbocycles. The van der Waals surface area contributed by atoms with Crippen molar-refractivity contribution in [3.05, 3.63) is 30.0 Å². The first-order valence-electron chi connectivity index (χ1n) is 5.23. The van der Waals surface area contributed by atoms with Crippen molar-refractivity contribution in [3.63, 3.8) is 0 Å². The van der Waals surface area contributed by atoms with Crippen molar-refractivity contribution < 1.29 is 19.0 Å². The molecule has 1 fully saturated rings. The monoisotopic (exact) mass is 220 g/mol. The van der Waals surface area contributed by atoms with Gasteiger partial charge in [0.1, 0.15) is 36.4 Å². The van der Waals surface area contributed by atoms with Crippen molar-refractivity contribution in [2.45, 2.75) is 12.7 Å². The van der Waals surface area contributed by atoms with Crippen LogP contribution in [0.5, 0.6) is 5.75 Å². The maximum absolute atomic E-state index is 8.95. The van der Waals surface area contributed by atoms with Crippen molar-refractivity contribution in [2.75, 3.05) is 13.2 Å². The summed E-state index contributed by atoms with van der Waals surface area (Å²) in [5.41, 5.74) is 0.763. The Bertz CT molecular complexity index is 499. The highest BCUT2D eigenvalue weighted by Gasteiger charge is 2.23. The van der Waals surface area contributed by atoms with Crippen LogP contribution < -0.4 is 4.74 Å². The van der Waals surface area contributed by atoms with Crippen molar-refractivity contribution in [1.82, 2.24) is 0 Å². The molecular weight excluding hydrogens is 208 g/mol. The lowest BCUT2D eigenvalue weighted by atomic mass is 10.2. The van der Waals surface area contributed by atoms with Crippen molar-refractivity contribution in [1.29, 1.82) is 0 Å². The molecule has 84 valence electrons. The zero-order valence-electron chi connectivity index (χ0n) is 8.68. The van der Waals surface area contributed by atoms with E-state index >= 15 is 0 Å². The number of aliphatic hydroxyl groups is 1. The first kappa shape index (κ1) is 9.69. The highest BCUT2D eigenvalue weighted by Crippen LogP contribution is 2.25. The van der Waals surface area contributed by atoms with Crippen molar-refractivity contribution in [2.24, 2.45) is 0 Å². The number of benzene rings is 1. The summed E-state index contributed by atoms with van der Waals surface area (Å²) in [5.74, 6) is 1.37. The van der Waals surface area contributed by atoms with Crippen LogP contribution >= 0.6 is 0 Å². The molecule has 1 saturated heterocycles. The van der Waals surface area contributed by atoms with Gasteiger partial charge in [-0.15, -0.1) is 0 Å². The highest BCUT2D eigenvalue weighted by atomic mass is 16.6. The molecule has 0 aliphatic carbocycles. The Hall–Kier alpha value is -1.52. The van der Waals surface area contributed by atoms with Gasteiger partial charge in [-0.3, -0.25) is 0 Å². The van der Waals surface area contributed by atoms with E-state index in [1.54, 1.807) is 0 Å². The fourth-order valence-corrected chi connectivity index (χ4v) is 1.60. The van der Waals surface area contributed by atoms with E-state index in [0.717, 1.165) is 23.3 Å². The van der Waals surface area contributed by atoms with Crippen LogP contribution in [0.15, 0.2) is 28.7 Å². The van der Waals surface area contributed by atoms with Crippen molar-refractivity contribution >= 4 is 11.0 Å². The lowest BCUT2D eigenvalue weighted by molar-refractivity contribution is 0.251. The van der Waals surface area contributed by atoms with Crippen LogP contribution in [0.3, 0.4) is 0 Å². The lowest BCUT2D eigenvalue weighted by Gasteiger charge is -2.02. The molecule has 1 aliphatic rings. The Balaban J connectivity index is 1.82. The van der Waals surface area contributed by atoms with Crippen molar-refractivity contribution in [3.8, 4) is 5.75 Å². The Morgan fingerprint density at radius 1 is 1.38 bits per heavy atom. The van der Waals surface area contributed by atoms with Gasteiger partial charge in [0.15, 0.2) is 0 Å². The molecule has 0 bridgehead atoms. The van der Waals surface area contributed by atoms with E-state index in [-0.39, 0.29) is 12.7 Å². The standard InChI is InChI=1S/C12H12O4/c13-5-10-4-8-3-9(1-2-12(8)16-10)14-6-11-7-15-11/h1-4,11,13H,5-7H2. The van der Waals surface area contributed by atoms with Gasteiger partial charge in [0.05, 0.1) is 6.61 Å². The van der Waals surface area contributed by atoms with Gasteiger partial charge in [-0.25, -0.2) is 0 Å². The third-order valence-electron chi connectivity index (χ3n) is 2.53. The third kappa shape index (κ3) is 1.89. The summed E-state index contributed by atoms with van der Waals surface area (Å²) >= 11 is 0. The van der Waals surface area contributed by atoms with Crippen LogP contribution in [0.4, 0.5) is 0 Å². The normalized spacial score (nSPS) is 18.9. The summed E-state index contributed by atoms with van der Waals surface area (Å²) in [6, 6.07) is 7.42. The minimum absolute atomic E-state index is 0.0826.